The summed E-state index contributed by atoms with van der Waals surface area (Å²) in [6.45, 7) is 0. The van der Waals surface area contributed by atoms with E-state index in [1.807, 2.05) is 0 Å². The topological polar surface area (TPSA) is 110 Å². The van der Waals surface area contributed by atoms with Gasteiger partial charge in [0, 0.05) is 0 Å². The van der Waals surface area contributed by atoms with Gasteiger partial charge >= 0.3 is 46.6 Å². The van der Waals surface area contributed by atoms with Crippen molar-refractivity contribution in [2.45, 2.75) is 0 Å². The van der Waals surface area contributed by atoms with E-state index in [-0.39, 0.29) is 22.5 Å². The molecule has 0 fully saturated rings. The van der Waals surface area contributed by atoms with Crippen LogP contribution < -0.4 is 8.32 Å². The first-order valence-electron chi connectivity index (χ1n) is 0.667. The fourth-order valence-corrected chi connectivity index (χ4v) is 0. The molecule has 0 saturated carbocycles. The monoisotopic (exact) mass is 189 g/mol. The van der Waals surface area contributed by atoms with Crippen LogP contribution in [0.25, 0.3) is 0 Å². The van der Waals surface area contributed by atoms with Gasteiger partial charge in [-0.2, -0.15) is 0 Å². The summed E-state index contributed by atoms with van der Waals surface area (Å²) in [6, 6.07) is 0. The summed E-state index contributed by atoms with van der Waals surface area (Å²) in [5.41, 5.74) is 0. The quantitative estimate of drug-likeness (QED) is 0.382. The molecule has 5 nitrogen and oxygen atoms in total. The van der Waals surface area contributed by atoms with Crippen molar-refractivity contribution in [1.29, 1.82) is 0 Å². The van der Waals surface area contributed by atoms with Crippen LogP contribution >= 0.6 is 0 Å². The summed E-state index contributed by atoms with van der Waals surface area (Å²) in [5, 5.41) is 0. The molecule has 45 valence electrons. The van der Waals surface area contributed by atoms with Gasteiger partial charge in [-0.1, -0.05) is 0 Å². The second-order valence-corrected chi connectivity index (χ2v) is 1.68. The van der Waals surface area contributed by atoms with Gasteiger partial charge in [-0.05, 0) is 0 Å². The minimum absolute atomic E-state index is 0. The van der Waals surface area contributed by atoms with Crippen LogP contribution in [0.15, 0.2) is 0 Å². The third kappa shape index (κ3) is 474. The van der Waals surface area contributed by atoms with Gasteiger partial charge in [-0.25, -0.2) is 0 Å². The molecule has 0 aliphatic heterocycles. The molecular weight excluding hydrogens is 188 g/mol. The van der Waals surface area contributed by atoms with Crippen LogP contribution in [0, 0.1) is 0 Å². The van der Waals surface area contributed by atoms with E-state index in [1.54, 1.807) is 0 Å². The molecule has 0 heterocycles. The average molecular weight is 189 g/mol. The molecule has 0 aromatic carbocycles. The first-order valence-corrected chi connectivity index (χ1v) is 2.75. The van der Waals surface area contributed by atoms with Crippen LogP contribution in [-0.2, 0) is 38.3 Å². The van der Waals surface area contributed by atoms with Crippen molar-refractivity contribution in [1.82, 2.24) is 0 Å². The Balaban J connectivity index is -0.0000000800. The number of rotatable bonds is 0. The zero-order valence-electron chi connectivity index (χ0n) is 2.84. The molecular formula is HCrFeO5. The maximum atomic E-state index is 8.59. The molecule has 1 radical (unpaired) electrons. The molecule has 0 spiro atoms. The van der Waals surface area contributed by atoms with Crippen LogP contribution in [0.3, 0.4) is 0 Å². The summed E-state index contributed by atoms with van der Waals surface area (Å²) in [5.74, 6) is 0. The standard InChI is InChI=1S/Cr.Fe.H2O.4O/h;;1H2;;;;/q;+3;;;;2*-1/p-1. The van der Waals surface area contributed by atoms with Crippen molar-refractivity contribution >= 4 is 0 Å². The molecule has 0 aromatic heterocycles. The molecule has 7 heavy (non-hydrogen) atoms. The van der Waals surface area contributed by atoms with Crippen molar-refractivity contribution < 1.29 is 52.1 Å². The molecule has 0 saturated heterocycles. The summed E-state index contributed by atoms with van der Waals surface area (Å²) in [4.78, 5) is 0. The normalized spacial score (nSPS) is 8.29. The third-order valence-electron chi connectivity index (χ3n) is 0. The van der Waals surface area contributed by atoms with Gasteiger partial charge in [0.2, 0.25) is 0 Å². The van der Waals surface area contributed by atoms with E-state index < -0.39 is 13.6 Å². The zero-order chi connectivity index (χ0) is 4.50. The van der Waals surface area contributed by atoms with Gasteiger partial charge < -0.3 is 5.48 Å². The molecule has 0 rings (SSSR count). The van der Waals surface area contributed by atoms with Gasteiger partial charge in [-0.15, -0.1) is 0 Å². The summed E-state index contributed by atoms with van der Waals surface area (Å²) in [7, 11) is 0. The molecule has 0 bridgehead atoms. The fourth-order valence-electron chi connectivity index (χ4n) is 0. The number of hydrogen-bond donors (Lipinski definition) is 0. The molecule has 0 aliphatic rings. The van der Waals surface area contributed by atoms with Crippen molar-refractivity contribution in [3.05, 3.63) is 0 Å². The van der Waals surface area contributed by atoms with Gasteiger partial charge in [0.05, 0.1) is 0 Å². The van der Waals surface area contributed by atoms with Crippen molar-refractivity contribution in [2.75, 3.05) is 0 Å². The minimum atomic E-state index is -5.75. The van der Waals surface area contributed by atoms with Gasteiger partial charge in [0.1, 0.15) is 0 Å². The molecule has 0 unspecified atom stereocenters. The van der Waals surface area contributed by atoms with E-state index in [1.165, 1.54) is 0 Å². The molecule has 0 aliphatic carbocycles. The summed E-state index contributed by atoms with van der Waals surface area (Å²) >= 11 is -5.75. The first-order chi connectivity index (χ1) is 2.00. The Morgan fingerprint density at radius 2 is 1.14 bits per heavy atom. The Morgan fingerprint density at radius 1 is 1.14 bits per heavy atom. The van der Waals surface area contributed by atoms with Crippen LogP contribution in [0.2, 0.25) is 0 Å². The van der Waals surface area contributed by atoms with E-state index in [4.69, 9.17) is 15.9 Å². The zero-order valence-corrected chi connectivity index (χ0v) is 5.22. The van der Waals surface area contributed by atoms with E-state index in [0.717, 1.165) is 0 Å². The maximum absolute atomic E-state index is 8.59. The van der Waals surface area contributed by atoms with Crippen LogP contribution in [0.5, 0.6) is 0 Å². The van der Waals surface area contributed by atoms with E-state index >= 15 is 0 Å². The van der Waals surface area contributed by atoms with Crippen molar-refractivity contribution in [3.8, 4) is 0 Å². The fraction of sp³-hybridized carbons (Fsp3) is 0. The molecule has 1 N–H and O–H groups in total. The Kier molecular flexibility index (Phi) is 10.5. The van der Waals surface area contributed by atoms with E-state index in [2.05, 4.69) is 0 Å². The van der Waals surface area contributed by atoms with Gasteiger partial charge in [0.15, 0.2) is 0 Å². The number of hydrogen-bond acceptors (Lipinski definition) is 5. The first kappa shape index (κ1) is 15.6. The van der Waals surface area contributed by atoms with Crippen LogP contribution in [-0.4, -0.2) is 5.48 Å². The Labute approximate surface area is 52.5 Å². The Bertz CT molecular complexity index is 91.2. The second kappa shape index (κ2) is 4.69. The Morgan fingerprint density at radius 3 is 1.14 bits per heavy atom. The van der Waals surface area contributed by atoms with Crippen LogP contribution in [0.4, 0.5) is 0 Å². The SMILES string of the molecule is [Fe+3].[OH-].[O]=[Cr](=[O])([O-])[O-]. The van der Waals surface area contributed by atoms with Crippen molar-refractivity contribution in [2.24, 2.45) is 0 Å². The summed E-state index contributed by atoms with van der Waals surface area (Å²) < 4.78 is 34.4. The van der Waals surface area contributed by atoms with Gasteiger partial charge in [-0.3, -0.25) is 0 Å². The predicted molar refractivity (Wildman–Crippen MR) is 3.31 cm³/mol. The average Bonchev–Trinajstić information content (AvgIpc) is 0.722. The second-order valence-electron chi connectivity index (χ2n) is 0.408. The third-order valence-corrected chi connectivity index (χ3v) is 0. The molecule has 0 amide bonds. The summed E-state index contributed by atoms with van der Waals surface area (Å²) in [6.07, 6.45) is 0. The molecule has 7 heteroatoms. The van der Waals surface area contributed by atoms with E-state index in [9.17, 15) is 0 Å². The molecule has 0 atom stereocenters. The molecule has 0 aromatic rings. The Hall–Kier alpha value is 0.532. The van der Waals surface area contributed by atoms with Gasteiger partial charge in [0.25, 0.3) is 0 Å². The van der Waals surface area contributed by atoms with Crippen molar-refractivity contribution in [3.63, 3.8) is 0 Å². The van der Waals surface area contributed by atoms with Crippen LogP contribution in [0.1, 0.15) is 0 Å². The predicted octanol–water partition coefficient (Wildman–Crippen LogP) is -2.80. The van der Waals surface area contributed by atoms with E-state index in [0.29, 0.717) is 0 Å².